The lowest BCUT2D eigenvalue weighted by Gasteiger charge is -2.12. The number of amides is 2. The van der Waals surface area contributed by atoms with Crippen molar-refractivity contribution in [1.82, 2.24) is 14.9 Å². The lowest BCUT2D eigenvalue weighted by Crippen LogP contribution is -2.25. The minimum Gasteiger partial charge on any atom is -0.360 e. The van der Waals surface area contributed by atoms with E-state index in [1.54, 1.807) is 36.9 Å². The molecule has 0 radical (unpaired) electrons. The van der Waals surface area contributed by atoms with Crippen LogP contribution >= 0.6 is 23.4 Å². The Morgan fingerprint density at radius 2 is 2.00 bits per heavy atom. The molecule has 3 aromatic rings. The summed E-state index contributed by atoms with van der Waals surface area (Å²) in [5.41, 5.74) is 1.01. The number of rotatable bonds is 8. The molecular formula is C19H20ClN5O3S. The van der Waals surface area contributed by atoms with Crippen molar-refractivity contribution >= 4 is 46.8 Å². The van der Waals surface area contributed by atoms with Crippen LogP contribution in [0.15, 0.2) is 47.1 Å². The van der Waals surface area contributed by atoms with E-state index in [0.29, 0.717) is 29.0 Å². The minimum atomic E-state index is -0.434. The van der Waals surface area contributed by atoms with Crippen LogP contribution in [0.2, 0.25) is 5.02 Å². The molecule has 0 aliphatic heterocycles. The number of hydrogen-bond acceptors (Lipinski definition) is 6. The SMILES string of the molecule is Cc1cc(NC(=O)[C@@H](C)SCC(=O)Nc2ccnn2Cc2ccc(Cl)cc2)no1. The van der Waals surface area contributed by atoms with E-state index in [0.717, 1.165) is 5.56 Å². The molecule has 2 N–H and O–H groups in total. The summed E-state index contributed by atoms with van der Waals surface area (Å²) >= 11 is 7.13. The van der Waals surface area contributed by atoms with Gasteiger partial charge in [-0.15, -0.1) is 11.8 Å². The molecule has 29 heavy (non-hydrogen) atoms. The fraction of sp³-hybridized carbons (Fsp3) is 0.263. The van der Waals surface area contributed by atoms with E-state index in [9.17, 15) is 9.59 Å². The molecule has 0 spiro atoms. The van der Waals surface area contributed by atoms with Crippen molar-refractivity contribution < 1.29 is 14.1 Å². The third-order valence-corrected chi connectivity index (χ3v) is 5.34. The van der Waals surface area contributed by atoms with Crippen LogP contribution in [-0.2, 0) is 16.1 Å². The van der Waals surface area contributed by atoms with E-state index in [4.69, 9.17) is 16.1 Å². The van der Waals surface area contributed by atoms with Crippen LogP contribution in [0.25, 0.3) is 0 Å². The zero-order valence-electron chi connectivity index (χ0n) is 15.9. The van der Waals surface area contributed by atoms with Gasteiger partial charge in [-0.3, -0.25) is 9.59 Å². The fourth-order valence-corrected chi connectivity index (χ4v) is 3.25. The number of aromatic nitrogens is 3. The highest BCUT2D eigenvalue weighted by molar-refractivity contribution is 8.01. The second-order valence-corrected chi connectivity index (χ2v) is 8.08. The Kier molecular flexibility index (Phi) is 6.95. The van der Waals surface area contributed by atoms with Gasteiger partial charge in [0.1, 0.15) is 11.6 Å². The second kappa shape index (κ2) is 9.62. The maximum atomic E-state index is 12.3. The normalized spacial score (nSPS) is 11.8. The van der Waals surface area contributed by atoms with E-state index < -0.39 is 5.25 Å². The number of aryl methyl sites for hydroxylation is 1. The molecule has 0 bridgehead atoms. The molecule has 0 aliphatic rings. The van der Waals surface area contributed by atoms with Crippen LogP contribution in [0, 0.1) is 6.92 Å². The summed E-state index contributed by atoms with van der Waals surface area (Å²) in [6, 6.07) is 10.8. The Balaban J connectivity index is 1.49. The molecule has 2 aromatic heterocycles. The predicted octanol–water partition coefficient (Wildman–Crippen LogP) is 3.58. The summed E-state index contributed by atoms with van der Waals surface area (Å²) in [5.74, 6) is 1.21. The van der Waals surface area contributed by atoms with Gasteiger partial charge < -0.3 is 15.2 Å². The van der Waals surface area contributed by atoms with Crippen molar-refractivity contribution in [2.24, 2.45) is 0 Å². The molecule has 2 amide bonds. The van der Waals surface area contributed by atoms with Crippen LogP contribution in [0.1, 0.15) is 18.2 Å². The summed E-state index contributed by atoms with van der Waals surface area (Å²) in [4.78, 5) is 24.5. The van der Waals surface area contributed by atoms with Gasteiger partial charge in [0.2, 0.25) is 11.8 Å². The number of nitrogens with zero attached hydrogens (tertiary/aromatic N) is 3. The van der Waals surface area contributed by atoms with Crippen molar-refractivity contribution in [3.8, 4) is 0 Å². The maximum absolute atomic E-state index is 12.3. The first kappa shape index (κ1) is 20.9. The fourth-order valence-electron chi connectivity index (χ4n) is 2.44. The van der Waals surface area contributed by atoms with Gasteiger partial charge in [-0.05, 0) is 31.5 Å². The average Bonchev–Trinajstić information content (AvgIpc) is 3.30. The lowest BCUT2D eigenvalue weighted by molar-refractivity contribution is -0.115. The average molecular weight is 434 g/mol. The Bertz CT molecular complexity index is 986. The molecule has 10 heteroatoms. The molecule has 8 nitrogen and oxygen atoms in total. The number of nitrogens with one attached hydrogen (secondary N) is 2. The van der Waals surface area contributed by atoms with Gasteiger partial charge in [0, 0.05) is 17.2 Å². The van der Waals surface area contributed by atoms with Crippen LogP contribution in [0.4, 0.5) is 11.6 Å². The summed E-state index contributed by atoms with van der Waals surface area (Å²) in [7, 11) is 0. The maximum Gasteiger partial charge on any atom is 0.238 e. The number of benzene rings is 1. The van der Waals surface area contributed by atoms with Gasteiger partial charge >= 0.3 is 0 Å². The number of anilines is 2. The van der Waals surface area contributed by atoms with Gasteiger partial charge in [0.15, 0.2) is 5.82 Å². The predicted molar refractivity (Wildman–Crippen MR) is 113 cm³/mol. The summed E-state index contributed by atoms with van der Waals surface area (Å²) in [6.07, 6.45) is 1.62. The van der Waals surface area contributed by atoms with Gasteiger partial charge in [-0.2, -0.15) is 5.10 Å². The van der Waals surface area contributed by atoms with Crippen molar-refractivity contribution in [1.29, 1.82) is 0 Å². The lowest BCUT2D eigenvalue weighted by atomic mass is 10.2. The summed E-state index contributed by atoms with van der Waals surface area (Å²) in [5, 5.41) is 13.7. The van der Waals surface area contributed by atoms with E-state index in [1.807, 2.05) is 24.3 Å². The van der Waals surface area contributed by atoms with Crippen LogP contribution in [0.5, 0.6) is 0 Å². The molecule has 0 aliphatic carbocycles. The van der Waals surface area contributed by atoms with Crippen molar-refractivity contribution in [2.45, 2.75) is 25.6 Å². The molecule has 152 valence electrons. The number of halogens is 1. The second-order valence-electron chi connectivity index (χ2n) is 6.31. The Morgan fingerprint density at radius 1 is 1.24 bits per heavy atom. The van der Waals surface area contributed by atoms with E-state index >= 15 is 0 Å². The van der Waals surface area contributed by atoms with E-state index in [2.05, 4.69) is 20.9 Å². The molecule has 1 atom stereocenters. The van der Waals surface area contributed by atoms with Crippen molar-refractivity contribution in [3.63, 3.8) is 0 Å². The zero-order valence-corrected chi connectivity index (χ0v) is 17.5. The highest BCUT2D eigenvalue weighted by Gasteiger charge is 2.17. The monoisotopic (exact) mass is 433 g/mol. The zero-order chi connectivity index (χ0) is 20.8. The topological polar surface area (TPSA) is 102 Å². The number of thioether (sulfide) groups is 1. The smallest absolute Gasteiger partial charge is 0.238 e. The van der Waals surface area contributed by atoms with Gasteiger partial charge in [0.05, 0.1) is 23.7 Å². The first-order chi connectivity index (χ1) is 13.9. The number of hydrogen-bond donors (Lipinski definition) is 2. The molecular weight excluding hydrogens is 414 g/mol. The Labute approximate surface area is 177 Å². The molecule has 1 aromatic carbocycles. The first-order valence-electron chi connectivity index (χ1n) is 8.82. The molecule has 2 heterocycles. The van der Waals surface area contributed by atoms with Gasteiger partial charge in [-0.25, -0.2) is 4.68 Å². The number of carbonyl (C=O) groups is 2. The van der Waals surface area contributed by atoms with E-state index in [-0.39, 0.29) is 17.6 Å². The quantitative estimate of drug-likeness (QED) is 0.563. The largest absolute Gasteiger partial charge is 0.360 e. The number of carbonyl (C=O) groups excluding carboxylic acids is 2. The van der Waals surface area contributed by atoms with Crippen LogP contribution < -0.4 is 10.6 Å². The first-order valence-corrected chi connectivity index (χ1v) is 10.3. The standard InChI is InChI=1S/C19H20ClN5O3S/c1-12-9-16(24-28-12)22-19(27)13(2)29-11-18(26)23-17-7-8-21-25(17)10-14-3-5-15(20)6-4-14/h3-9,13H,10-11H2,1-2H3,(H,23,26)(H,22,24,27)/t13-/m1/s1. The highest BCUT2D eigenvalue weighted by Crippen LogP contribution is 2.16. The van der Waals surface area contributed by atoms with Crippen molar-refractivity contribution in [2.75, 3.05) is 16.4 Å². The highest BCUT2D eigenvalue weighted by atomic mass is 35.5. The Morgan fingerprint density at radius 3 is 2.69 bits per heavy atom. The van der Waals surface area contributed by atoms with Crippen LogP contribution in [-0.4, -0.2) is 37.8 Å². The van der Waals surface area contributed by atoms with Gasteiger partial charge in [0.25, 0.3) is 0 Å². The third kappa shape index (κ3) is 6.10. The van der Waals surface area contributed by atoms with Gasteiger partial charge in [-0.1, -0.05) is 28.9 Å². The minimum absolute atomic E-state index is 0.124. The summed E-state index contributed by atoms with van der Waals surface area (Å²) < 4.78 is 6.60. The molecule has 0 unspecified atom stereocenters. The van der Waals surface area contributed by atoms with Crippen LogP contribution in [0.3, 0.4) is 0 Å². The molecule has 0 saturated carbocycles. The molecule has 0 saturated heterocycles. The third-order valence-electron chi connectivity index (χ3n) is 3.94. The molecule has 0 fully saturated rings. The Hall–Kier alpha value is -2.78. The van der Waals surface area contributed by atoms with Crippen molar-refractivity contribution in [3.05, 3.63) is 58.9 Å². The van der Waals surface area contributed by atoms with E-state index in [1.165, 1.54) is 11.8 Å². The molecule has 3 rings (SSSR count). The summed E-state index contributed by atoms with van der Waals surface area (Å²) in [6.45, 7) is 3.97.